The van der Waals surface area contributed by atoms with E-state index in [1.165, 1.54) is 14.0 Å². The summed E-state index contributed by atoms with van der Waals surface area (Å²) < 4.78 is 6.32. The number of nitrogens with zero attached hydrogens (tertiary/aromatic N) is 5. The van der Waals surface area contributed by atoms with Gasteiger partial charge in [0.1, 0.15) is 0 Å². The molecule has 2 N–H and O–H groups in total. The molecule has 0 saturated heterocycles. The Balaban J connectivity index is 0.00000307. The minimum Gasteiger partial charge on any atom is -0.481 e. The molecule has 4 aromatic rings. The summed E-state index contributed by atoms with van der Waals surface area (Å²) in [5.41, 5.74) is -0.466. The predicted molar refractivity (Wildman–Crippen MR) is 188 cm³/mol. The van der Waals surface area contributed by atoms with E-state index in [9.17, 15) is 29.1 Å². The van der Waals surface area contributed by atoms with Gasteiger partial charge in [-0.25, -0.2) is 47.5 Å². The maximum absolute atomic E-state index is 13.7. The van der Waals surface area contributed by atoms with E-state index < -0.39 is 34.8 Å². The van der Waals surface area contributed by atoms with Crippen molar-refractivity contribution in [3.8, 4) is 11.4 Å². The molecule has 0 aliphatic rings. The third kappa shape index (κ3) is 8.93. The third-order valence-electron chi connectivity index (χ3n) is 8.73. The van der Waals surface area contributed by atoms with Crippen LogP contribution in [0.2, 0.25) is 0 Å². The smallest absolute Gasteiger partial charge is 0.352 e. The van der Waals surface area contributed by atoms with Crippen molar-refractivity contribution in [1.29, 1.82) is 0 Å². The first kappa shape index (κ1) is 37.6. The van der Waals surface area contributed by atoms with Crippen LogP contribution in [0.25, 0.3) is 11.4 Å². The molecule has 12 heteroatoms. The number of carboxylic acid groups (broad SMARTS) is 1. The van der Waals surface area contributed by atoms with Crippen LogP contribution in [0.1, 0.15) is 85.6 Å². The van der Waals surface area contributed by atoms with Crippen molar-refractivity contribution in [2.45, 2.75) is 98.7 Å². The quantitative estimate of drug-likeness (QED) is 0.145. The number of carbonyl (C=O) groups is 1. The highest BCUT2D eigenvalue weighted by atomic mass is 16.4. The number of aliphatic carboxylic acids is 1. The van der Waals surface area contributed by atoms with Gasteiger partial charge in [-0.15, -0.1) is 0 Å². The first-order valence-electron chi connectivity index (χ1n) is 16.9. The van der Waals surface area contributed by atoms with Gasteiger partial charge in [-0.3, -0.25) is 4.79 Å². The van der Waals surface area contributed by atoms with Gasteiger partial charge >= 0.3 is 28.7 Å². The Kier molecular flexibility index (Phi) is 14.0. The molecule has 3 atom stereocenters. The SMILES string of the molecule is C=C(CCn1c(=O)n(-c2ccccc2)c(=O)n1CC)C(CCC(C)CCC(CC)CC(=O)O)n1[nH]c(=O)n(-c2ccccc2)c1=O.CC. The van der Waals surface area contributed by atoms with Crippen molar-refractivity contribution in [3.63, 3.8) is 0 Å². The van der Waals surface area contributed by atoms with Crippen molar-refractivity contribution < 1.29 is 9.90 Å². The summed E-state index contributed by atoms with van der Waals surface area (Å²) in [4.78, 5) is 64.6. The van der Waals surface area contributed by atoms with Crippen LogP contribution in [-0.2, 0) is 17.9 Å². The summed E-state index contributed by atoms with van der Waals surface area (Å²) in [6, 6.07) is 16.8. The minimum absolute atomic E-state index is 0.0993. The number of rotatable bonds is 17. The van der Waals surface area contributed by atoms with Crippen LogP contribution in [-0.4, -0.2) is 39.4 Å². The summed E-state index contributed by atoms with van der Waals surface area (Å²) in [7, 11) is 0. The summed E-state index contributed by atoms with van der Waals surface area (Å²) in [5, 5.41) is 11.9. The number of para-hydroxylation sites is 2. The fraction of sp³-hybridized carbons (Fsp3) is 0.472. The summed E-state index contributed by atoms with van der Waals surface area (Å²) >= 11 is 0. The average Bonchev–Trinajstić information content (AvgIpc) is 3.52. The number of benzene rings is 2. The Morgan fingerprint density at radius 3 is 1.88 bits per heavy atom. The fourth-order valence-corrected chi connectivity index (χ4v) is 5.99. The molecule has 2 aromatic carbocycles. The molecule has 0 spiro atoms. The van der Waals surface area contributed by atoms with Crippen LogP contribution in [0.5, 0.6) is 0 Å². The Labute approximate surface area is 280 Å². The first-order valence-corrected chi connectivity index (χ1v) is 16.9. The molecule has 12 nitrogen and oxygen atoms in total. The van der Waals surface area contributed by atoms with E-state index in [4.69, 9.17) is 0 Å². The number of hydrogen-bond acceptors (Lipinski definition) is 5. The molecule has 0 saturated carbocycles. The summed E-state index contributed by atoms with van der Waals surface area (Å²) in [6.45, 7) is 14.6. The lowest BCUT2D eigenvalue weighted by molar-refractivity contribution is -0.138. The maximum Gasteiger partial charge on any atom is 0.352 e. The Bertz CT molecular complexity index is 1860. The van der Waals surface area contributed by atoms with Crippen molar-refractivity contribution in [2.24, 2.45) is 11.8 Å². The number of nitrogens with one attached hydrogen (secondary N) is 1. The van der Waals surface area contributed by atoms with Crippen LogP contribution < -0.4 is 22.8 Å². The van der Waals surface area contributed by atoms with Crippen LogP contribution >= 0.6 is 0 Å². The molecular formula is C36H50N6O6. The molecule has 260 valence electrons. The van der Waals surface area contributed by atoms with Crippen molar-refractivity contribution in [2.75, 3.05) is 0 Å². The summed E-state index contributed by atoms with van der Waals surface area (Å²) in [5.74, 6) is -0.472. The Hall–Kier alpha value is -4.87. The van der Waals surface area contributed by atoms with Crippen LogP contribution in [0.4, 0.5) is 0 Å². The van der Waals surface area contributed by atoms with E-state index >= 15 is 0 Å². The number of hydrogen-bond donors (Lipinski definition) is 2. The Morgan fingerprint density at radius 1 is 0.792 bits per heavy atom. The highest BCUT2D eigenvalue weighted by molar-refractivity contribution is 5.66. The molecular weight excluding hydrogens is 612 g/mol. The average molecular weight is 663 g/mol. The topological polar surface area (TPSA) is 146 Å². The zero-order valence-corrected chi connectivity index (χ0v) is 28.8. The lowest BCUT2D eigenvalue weighted by Gasteiger charge is -2.23. The molecule has 4 rings (SSSR count). The van der Waals surface area contributed by atoms with Crippen LogP contribution in [0.15, 0.2) is 92.0 Å². The highest BCUT2D eigenvalue weighted by Gasteiger charge is 2.24. The van der Waals surface area contributed by atoms with Gasteiger partial charge in [-0.2, -0.15) is 0 Å². The van der Waals surface area contributed by atoms with Gasteiger partial charge in [0.05, 0.1) is 17.4 Å². The second-order valence-corrected chi connectivity index (χ2v) is 11.9. The highest BCUT2D eigenvalue weighted by Crippen LogP contribution is 2.28. The lowest BCUT2D eigenvalue weighted by atomic mass is 9.88. The molecule has 0 radical (unpaired) electrons. The van der Waals surface area contributed by atoms with E-state index in [-0.39, 0.29) is 37.8 Å². The zero-order chi connectivity index (χ0) is 35.4. The monoisotopic (exact) mass is 662 g/mol. The van der Waals surface area contributed by atoms with Gasteiger partial charge < -0.3 is 5.11 Å². The molecule has 0 bridgehead atoms. The number of aromatic nitrogens is 6. The van der Waals surface area contributed by atoms with Crippen LogP contribution in [0, 0.1) is 11.8 Å². The molecule has 0 aliphatic carbocycles. The summed E-state index contributed by atoms with van der Waals surface area (Å²) in [6.07, 6.45) is 4.00. The molecule has 2 heterocycles. The maximum atomic E-state index is 13.7. The number of allylic oxidation sites excluding steroid dienone is 1. The van der Waals surface area contributed by atoms with Crippen LogP contribution in [0.3, 0.4) is 0 Å². The number of carboxylic acids is 1. The van der Waals surface area contributed by atoms with Gasteiger partial charge in [0.25, 0.3) is 0 Å². The second kappa shape index (κ2) is 17.9. The molecule has 0 amide bonds. The number of aromatic amines is 1. The van der Waals surface area contributed by atoms with Gasteiger partial charge in [-0.05, 0) is 68.7 Å². The normalized spacial score (nSPS) is 12.9. The molecule has 0 fully saturated rings. The number of H-pyrrole nitrogens is 1. The molecule has 48 heavy (non-hydrogen) atoms. The van der Waals surface area contributed by atoms with E-state index in [1.54, 1.807) is 61.5 Å². The fourth-order valence-electron chi connectivity index (χ4n) is 5.99. The Morgan fingerprint density at radius 2 is 1.33 bits per heavy atom. The van der Waals surface area contributed by atoms with E-state index in [0.717, 1.165) is 28.4 Å². The lowest BCUT2D eigenvalue weighted by Crippen LogP contribution is -2.31. The van der Waals surface area contributed by atoms with E-state index in [2.05, 4.69) is 18.6 Å². The molecule has 0 aliphatic heterocycles. The second-order valence-electron chi connectivity index (χ2n) is 11.9. The van der Waals surface area contributed by atoms with Crippen molar-refractivity contribution in [1.82, 2.24) is 28.3 Å². The molecule has 3 unspecified atom stereocenters. The largest absolute Gasteiger partial charge is 0.481 e. The van der Waals surface area contributed by atoms with Gasteiger partial charge in [0.15, 0.2) is 0 Å². The van der Waals surface area contributed by atoms with Gasteiger partial charge in [0, 0.05) is 19.5 Å². The molecule has 2 aromatic heterocycles. The van der Waals surface area contributed by atoms with Crippen molar-refractivity contribution >= 4 is 5.97 Å². The minimum atomic E-state index is -0.797. The predicted octanol–water partition coefficient (Wildman–Crippen LogP) is 5.37. The van der Waals surface area contributed by atoms with E-state index in [1.807, 2.05) is 26.8 Å². The third-order valence-corrected chi connectivity index (χ3v) is 8.73. The standard InChI is InChI=1S/C34H44N6O6.C2H6/c1-5-26(23-30(41)42)19-17-24(3)18-20-29(40-34(46)38(31(43)35-40)27-13-9-7-10-14-27)25(4)21-22-37-33(45)39(32(44)36(37)6-2)28-15-11-8-12-16-28;1-2/h7-16,24,26,29H,4-6,17-23H2,1-3H3,(H,35,43)(H,41,42);1-2H3. The first-order chi connectivity index (χ1) is 23.1. The van der Waals surface area contributed by atoms with Crippen molar-refractivity contribution in [3.05, 3.63) is 115 Å². The van der Waals surface area contributed by atoms with Gasteiger partial charge in [-0.1, -0.05) is 89.1 Å². The zero-order valence-electron chi connectivity index (χ0n) is 28.8. The van der Waals surface area contributed by atoms with Gasteiger partial charge in [0.2, 0.25) is 0 Å². The van der Waals surface area contributed by atoms with E-state index in [0.29, 0.717) is 29.8 Å².